The summed E-state index contributed by atoms with van der Waals surface area (Å²) in [5, 5.41) is 3.52. The van der Waals surface area contributed by atoms with Crippen molar-refractivity contribution in [1.82, 2.24) is 4.90 Å². The molecule has 0 aliphatic carbocycles. The second-order valence-electron chi connectivity index (χ2n) is 6.10. The first-order valence-electron chi connectivity index (χ1n) is 8.58. The molecule has 1 saturated heterocycles. The number of anilines is 1. The zero-order valence-electron chi connectivity index (χ0n) is 13.9. The Morgan fingerprint density at radius 3 is 2.54 bits per heavy atom. The van der Waals surface area contributed by atoms with Crippen molar-refractivity contribution in [2.24, 2.45) is 0 Å². The van der Waals surface area contributed by atoms with Crippen LogP contribution in [0.5, 0.6) is 5.75 Å². The van der Waals surface area contributed by atoms with Crippen LogP contribution in [0.15, 0.2) is 60.7 Å². The van der Waals surface area contributed by atoms with Crippen molar-refractivity contribution < 1.29 is 9.53 Å². The molecule has 0 radical (unpaired) electrons. The molecule has 2 aromatic rings. The first-order valence-corrected chi connectivity index (χ1v) is 8.58. The molecule has 1 N–H and O–H groups in total. The van der Waals surface area contributed by atoms with Crippen LogP contribution in [0.1, 0.15) is 19.3 Å². The number of piperidine rings is 1. The molecule has 1 aliphatic heterocycles. The molecule has 0 aromatic heterocycles. The van der Waals surface area contributed by atoms with E-state index in [1.54, 1.807) is 0 Å². The molecular weight excluding hydrogens is 300 g/mol. The molecule has 4 nitrogen and oxygen atoms in total. The SMILES string of the molecule is O=C(CCOc1ccccc1)N1CCCC(Nc2ccccc2)C1. The van der Waals surface area contributed by atoms with Crippen LogP contribution in [-0.2, 0) is 4.79 Å². The van der Waals surface area contributed by atoms with Gasteiger partial charge in [0.15, 0.2) is 0 Å². The Kier molecular flexibility index (Phi) is 5.72. The Morgan fingerprint density at radius 2 is 1.79 bits per heavy atom. The van der Waals surface area contributed by atoms with Gasteiger partial charge in [0.2, 0.25) is 5.91 Å². The number of likely N-dealkylation sites (tertiary alicyclic amines) is 1. The minimum Gasteiger partial charge on any atom is -0.493 e. The minimum absolute atomic E-state index is 0.172. The number of hydrogen-bond donors (Lipinski definition) is 1. The molecule has 3 rings (SSSR count). The van der Waals surface area contributed by atoms with Gasteiger partial charge in [-0.15, -0.1) is 0 Å². The fraction of sp³-hybridized carbons (Fsp3) is 0.350. The Balaban J connectivity index is 1.44. The predicted molar refractivity (Wildman–Crippen MR) is 96.2 cm³/mol. The maximum absolute atomic E-state index is 12.4. The number of rotatable bonds is 6. The molecule has 2 aromatic carbocycles. The van der Waals surface area contributed by atoms with Gasteiger partial charge >= 0.3 is 0 Å². The summed E-state index contributed by atoms with van der Waals surface area (Å²) in [6.45, 7) is 2.03. The van der Waals surface area contributed by atoms with Crippen molar-refractivity contribution in [3.8, 4) is 5.75 Å². The van der Waals surface area contributed by atoms with Crippen LogP contribution in [0.4, 0.5) is 5.69 Å². The van der Waals surface area contributed by atoms with E-state index in [1.807, 2.05) is 53.4 Å². The summed E-state index contributed by atoms with van der Waals surface area (Å²) in [5.74, 6) is 0.984. The smallest absolute Gasteiger partial charge is 0.226 e. The molecule has 4 heteroatoms. The number of nitrogens with zero attached hydrogens (tertiary/aromatic N) is 1. The topological polar surface area (TPSA) is 41.6 Å². The largest absolute Gasteiger partial charge is 0.493 e. The van der Waals surface area contributed by atoms with Gasteiger partial charge in [0.1, 0.15) is 5.75 Å². The van der Waals surface area contributed by atoms with Gasteiger partial charge in [0, 0.05) is 24.8 Å². The van der Waals surface area contributed by atoms with Gasteiger partial charge in [-0.2, -0.15) is 0 Å². The maximum Gasteiger partial charge on any atom is 0.226 e. The van der Waals surface area contributed by atoms with Crippen molar-refractivity contribution in [2.45, 2.75) is 25.3 Å². The van der Waals surface area contributed by atoms with Crippen LogP contribution in [0.25, 0.3) is 0 Å². The number of carbonyl (C=O) groups excluding carboxylic acids is 1. The average molecular weight is 324 g/mol. The number of para-hydroxylation sites is 2. The molecule has 126 valence electrons. The Morgan fingerprint density at radius 1 is 1.08 bits per heavy atom. The van der Waals surface area contributed by atoms with Crippen LogP contribution in [0, 0.1) is 0 Å². The first-order chi connectivity index (χ1) is 11.8. The third-order valence-corrected chi connectivity index (χ3v) is 4.25. The molecule has 0 bridgehead atoms. The second kappa shape index (κ2) is 8.39. The third kappa shape index (κ3) is 4.75. The maximum atomic E-state index is 12.4. The highest BCUT2D eigenvalue weighted by Gasteiger charge is 2.23. The van der Waals surface area contributed by atoms with Crippen molar-refractivity contribution >= 4 is 11.6 Å². The van der Waals surface area contributed by atoms with Gasteiger partial charge < -0.3 is 15.0 Å². The lowest BCUT2D eigenvalue weighted by Crippen LogP contribution is -2.45. The monoisotopic (exact) mass is 324 g/mol. The summed E-state index contributed by atoms with van der Waals surface area (Å²) in [6.07, 6.45) is 2.56. The van der Waals surface area contributed by atoms with Crippen molar-refractivity contribution in [3.05, 3.63) is 60.7 Å². The molecule has 0 spiro atoms. The van der Waals surface area contributed by atoms with Gasteiger partial charge in [-0.05, 0) is 37.1 Å². The van der Waals surface area contributed by atoms with E-state index >= 15 is 0 Å². The molecule has 1 unspecified atom stereocenters. The number of hydrogen-bond acceptors (Lipinski definition) is 3. The van der Waals surface area contributed by atoms with Crippen LogP contribution < -0.4 is 10.1 Å². The van der Waals surface area contributed by atoms with Crippen LogP contribution >= 0.6 is 0 Å². The minimum atomic E-state index is 0.172. The zero-order chi connectivity index (χ0) is 16.6. The lowest BCUT2D eigenvalue weighted by Gasteiger charge is -2.33. The van der Waals surface area contributed by atoms with E-state index in [9.17, 15) is 4.79 Å². The van der Waals surface area contributed by atoms with Gasteiger partial charge in [0.05, 0.1) is 13.0 Å². The average Bonchev–Trinajstić information content (AvgIpc) is 2.64. The summed E-state index contributed by atoms with van der Waals surface area (Å²) in [5.41, 5.74) is 1.12. The molecular formula is C20H24N2O2. The second-order valence-corrected chi connectivity index (χ2v) is 6.10. The standard InChI is InChI=1S/C20H24N2O2/c23-20(13-15-24-19-11-5-2-6-12-19)22-14-7-10-18(16-22)21-17-8-3-1-4-9-17/h1-6,8-9,11-12,18,21H,7,10,13-16H2. The Labute approximate surface area is 143 Å². The molecule has 1 fully saturated rings. The van der Waals surface area contributed by atoms with Crippen LogP contribution in [0.3, 0.4) is 0 Å². The lowest BCUT2D eigenvalue weighted by molar-refractivity contribution is -0.132. The van der Waals surface area contributed by atoms with E-state index in [0.29, 0.717) is 19.1 Å². The predicted octanol–water partition coefficient (Wildman–Crippen LogP) is 3.56. The van der Waals surface area contributed by atoms with Crippen LogP contribution in [0.2, 0.25) is 0 Å². The summed E-state index contributed by atoms with van der Waals surface area (Å²) < 4.78 is 5.63. The van der Waals surface area contributed by atoms with Gasteiger partial charge in [0.25, 0.3) is 0 Å². The van der Waals surface area contributed by atoms with Gasteiger partial charge in [-0.3, -0.25) is 4.79 Å². The molecule has 1 heterocycles. The zero-order valence-corrected chi connectivity index (χ0v) is 13.9. The molecule has 1 aliphatic rings. The fourth-order valence-electron chi connectivity index (χ4n) is 3.02. The van der Waals surface area contributed by atoms with Crippen molar-refractivity contribution in [1.29, 1.82) is 0 Å². The number of amides is 1. The molecule has 1 amide bonds. The Hall–Kier alpha value is -2.49. The van der Waals surface area contributed by atoms with E-state index in [4.69, 9.17) is 4.74 Å². The summed E-state index contributed by atoms with van der Waals surface area (Å²) >= 11 is 0. The van der Waals surface area contributed by atoms with Gasteiger partial charge in [-0.25, -0.2) is 0 Å². The highest BCUT2D eigenvalue weighted by atomic mass is 16.5. The van der Waals surface area contributed by atoms with E-state index in [2.05, 4.69) is 17.4 Å². The third-order valence-electron chi connectivity index (χ3n) is 4.25. The summed E-state index contributed by atoms with van der Waals surface area (Å²) in [4.78, 5) is 14.4. The van der Waals surface area contributed by atoms with E-state index in [1.165, 1.54) is 0 Å². The number of ether oxygens (including phenoxy) is 1. The van der Waals surface area contributed by atoms with E-state index < -0.39 is 0 Å². The highest BCUT2D eigenvalue weighted by molar-refractivity contribution is 5.76. The fourth-order valence-corrected chi connectivity index (χ4v) is 3.02. The van der Waals surface area contributed by atoms with Crippen molar-refractivity contribution in [3.63, 3.8) is 0 Å². The lowest BCUT2D eigenvalue weighted by atomic mass is 10.0. The Bertz CT molecular complexity index is 631. The van der Waals surface area contributed by atoms with Crippen LogP contribution in [-0.4, -0.2) is 36.5 Å². The van der Waals surface area contributed by atoms with Gasteiger partial charge in [-0.1, -0.05) is 36.4 Å². The molecule has 0 saturated carbocycles. The van der Waals surface area contributed by atoms with E-state index in [-0.39, 0.29) is 5.91 Å². The number of nitrogens with one attached hydrogen (secondary N) is 1. The normalized spacial score (nSPS) is 17.3. The molecule has 1 atom stereocenters. The summed E-state index contributed by atoms with van der Waals surface area (Å²) in [6, 6.07) is 20.1. The first kappa shape index (κ1) is 16.4. The summed E-state index contributed by atoms with van der Waals surface area (Å²) in [7, 11) is 0. The quantitative estimate of drug-likeness (QED) is 0.883. The highest BCUT2D eigenvalue weighted by Crippen LogP contribution is 2.17. The van der Waals surface area contributed by atoms with E-state index in [0.717, 1.165) is 37.4 Å². The number of benzene rings is 2. The number of carbonyl (C=O) groups is 1. The van der Waals surface area contributed by atoms with Crippen molar-refractivity contribution in [2.75, 3.05) is 25.0 Å². The molecule has 24 heavy (non-hydrogen) atoms.